The Hall–Kier alpha value is -1.44. The molecule has 1 heterocycles. The number of sulfonamides is 1. The molecule has 1 amide bonds. The molecule has 156 valence electrons. The zero-order valence-electron chi connectivity index (χ0n) is 16.7. The van der Waals surface area contributed by atoms with Crippen molar-refractivity contribution in [3.8, 4) is 0 Å². The monoisotopic (exact) mass is 408 g/mol. The van der Waals surface area contributed by atoms with Crippen LogP contribution in [0.15, 0.2) is 30.3 Å². The Morgan fingerprint density at radius 1 is 1.21 bits per heavy atom. The number of piperidine rings is 1. The summed E-state index contributed by atoms with van der Waals surface area (Å²) in [7, 11) is -3.22. The van der Waals surface area contributed by atoms with E-state index < -0.39 is 15.4 Å². The van der Waals surface area contributed by atoms with Crippen molar-refractivity contribution >= 4 is 15.9 Å². The largest absolute Gasteiger partial charge is 0.381 e. The normalized spacial score (nSPS) is 20.0. The number of nitrogens with one attached hydrogen (secondary N) is 1. The lowest BCUT2D eigenvalue weighted by atomic mass is 9.72. The maximum atomic E-state index is 13.2. The summed E-state index contributed by atoms with van der Waals surface area (Å²) in [6, 6.07) is 9.75. The van der Waals surface area contributed by atoms with E-state index in [1.807, 2.05) is 30.3 Å². The van der Waals surface area contributed by atoms with Gasteiger partial charge in [0.25, 0.3) is 0 Å². The summed E-state index contributed by atoms with van der Waals surface area (Å²) in [5, 5.41) is 3.08. The number of amides is 1. The van der Waals surface area contributed by atoms with Crippen LogP contribution in [-0.4, -0.2) is 57.2 Å². The number of rotatable bonds is 10. The van der Waals surface area contributed by atoms with E-state index in [0.29, 0.717) is 39.1 Å². The second-order valence-electron chi connectivity index (χ2n) is 7.88. The van der Waals surface area contributed by atoms with E-state index in [2.05, 4.69) is 5.32 Å². The van der Waals surface area contributed by atoms with Crippen molar-refractivity contribution in [2.45, 2.75) is 44.4 Å². The lowest BCUT2D eigenvalue weighted by molar-refractivity contribution is -0.128. The molecule has 2 fully saturated rings. The Morgan fingerprint density at radius 3 is 2.50 bits per heavy atom. The number of carbonyl (C=O) groups excluding carboxylic acids is 1. The molecular formula is C21H32N2O4S. The molecule has 28 heavy (non-hydrogen) atoms. The first-order valence-electron chi connectivity index (χ1n) is 10.4. The van der Waals surface area contributed by atoms with Gasteiger partial charge in [-0.2, -0.15) is 0 Å². The third-order valence-corrected chi connectivity index (χ3v) is 7.78. The van der Waals surface area contributed by atoms with Crippen LogP contribution in [0.4, 0.5) is 0 Å². The lowest BCUT2D eigenvalue weighted by Crippen LogP contribution is -2.53. The van der Waals surface area contributed by atoms with Crippen molar-refractivity contribution in [3.63, 3.8) is 0 Å². The van der Waals surface area contributed by atoms with E-state index in [4.69, 9.17) is 4.74 Å². The highest BCUT2D eigenvalue weighted by molar-refractivity contribution is 7.89. The minimum atomic E-state index is -3.22. The van der Waals surface area contributed by atoms with Gasteiger partial charge in [-0.05, 0) is 50.5 Å². The van der Waals surface area contributed by atoms with Gasteiger partial charge in [0.1, 0.15) is 0 Å². The van der Waals surface area contributed by atoms with Gasteiger partial charge in [0, 0.05) is 32.8 Å². The first-order valence-corrected chi connectivity index (χ1v) is 12.0. The quantitative estimate of drug-likeness (QED) is 0.603. The predicted octanol–water partition coefficient (Wildman–Crippen LogP) is 2.30. The van der Waals surface area contributed by atoms with Crippen LogP contribution in [0.2, 0.25) is 0 Å². The number of benzene rings is 1. The summed E-state index contributed by atoms with van der Waals surface area (Å²) < 4.78 is 31.6. The Bertz CT molecular complexity index is 739. The van der Waals surface area contributed by atoms with Crippen molar-refractivity contribution in [3.05, 3.63) is 35.9 Å². The fourth-order valence-corrected chi connectivity index (χ4v) is 4.92. The fraction of sp³-hybridized carbons (Fsp3) is 0.667. The number of nitrogens with zero attached hydrogens (tertiary/aromatic N) is 1. The number of hydrogen-bond donors (Lipinski definition) is 1. The zero-order valence-corrected chi connectivity index (χ0v) is 17.5. The summed E-state index contributed by atoms with van der Waals surface area (Å²) in [6.07, 6.45) is 4.35. The molecule has 0 radical (unpaired) electrons. The van der Waals surface area contributed by atoms with Gasteiger partial charge in [-0.1, -0.05) is 30.3 Å². The highest BCUT2D eigenvalue weighted by Gasteiger charge is 2.44. The maximum Gasteiger partial charge on any atom is 0.230 e. The smallest absolute Gasteiger partial charge is 0.230 e. The molecule has 7 heteroatoms. The molecule has 2 aliphatic rings. The van der Waals surface area contributed by atoms with Crippen LogP contribution in [0.25, 0.3) is 0 Å². The number of hydrogen-bond acceptors (Lipinski definition) is 4. The van der Waals surface area contributed by atoms with Crippen LogP contribution in [-0.2, 0) is 25.0 Å². The Morgan fingerprint density at radius 2 is 1.89 bits per heavy atom. The molecule has 1 saturated carbocycles. The van der Waals surface area contributed by atoms with Crippen LogP contribution < -0.4 is 5.32 Å². The standard InChI is InChI=1S/C21H32N2O4S/c1-2-28(25,26)23-14-11-21(12-15-23,19-7-4-3-5-8-19)20(24)22-13-6-16-27-17-18-9-10-18/h3-5,7-8,18H,2,6,9-17H2,1H3,(H,22,24). The molecule has 1 aliphatic heterocycles. The van der Waals surface area contributed by atoms with Crippen LogP contribution in [0.5, 0.6) is 0 Å². The van der Waals surface area contributed by atoms with Crippen molar-refractivity contribution < 1.29 is 17.9 Å². The minimum absolute atomic E-state index is 0.00515. The second kappa shape index (κ2) is 9.37. The van der Waals surface area contributed by atoms with Crippen LogP contribution in [0.1, 0.15) is 44.6 Å². The fourth-order valence-electron chi connectivity index (χ4n) is 3.81. The van der Waals surface area contributed by atoms with E-state index in [1.165, 1.54) is 17.1 Å². The molecule has 0 aromatic heterocycles. The van der Waals surface area contributed by atoms with E-state index in [1.54, 1.807) is 6.92 Å². The summed E-state index contributed by atoms with van der Waals surface area (Å²) in [5.41, 5.74) is 0.293. The average Bonchev–Trinajstić information content (AvgIpc) is 3.55. The second-order valence-corrected chi connectivity index (χ2v) is 10.1. The third kappa shape index (κ3) is 5.13. The summed E-state index contributed by atoms with van der Waals surface area (Å²) in [5.74, 6) is 0.841. The van der Waals surface area contributed by atoms with Crippen LogP contribution in [0.3, 0.4) is 0 Å². The predicted molar refractivity (Wildman–Crippen MR) is 110 cm³/mol. The minimum Gasteiger partial charge on any atom is -0.381 e. The lowest BCUT2D eigenvalue weighted by Gasteiger charge is -2.40. The van der Waals surface area contributed by atoms with Gasteiger partial charge in [0.2, 0.25) is 15.9 Å². The molecule has 1 N–H and O–H groups in total. The number of carbonyl (C=O) groups is 1. The molecule has 1 aliphatic carbocycles. The maximum absolute atomic E-state index is 13.2. The zero-order chi connectivity index (χ0) is 20.0. The van der Waals surface area contributed by atoms with E-state index in [-0.39, 0.29) is 11.7 Å². The average molecular weight is 409 g/mol. The molecule has 0 atom stereocenters. The molecule has 1 aromatic carbocycles. The van der Waals surface area contributed by atoms with Crippen LogP contribution in [0, 0.1) is 5.92 Å². The van der Waals surface area contributed by atoms with Gasteiger partial charge in [0.05, 0.1) is 11.2 Å². The molecule has 0 unspecified atom stereocenters. The molecule has 0 spiro atoms. The first-order chi connectivity index (χ1) is 13.5. The Balaban J connectivity index is 1.60. The van der Waals surface area contributed by atoms with Gasteiger partial charge < -0.3 is 10.1 Å². The molecular weight excluding hydrogens is 376 g/mol. The van der Waals surface area contributed by atoms with Gasteiger partial charge in [-0.15, -0.1) is 0 Å². The Labute approximate surface area is 168 Å². The van der Waals surface area contributed by atoms with Crippen LogP contribution >= 0.6 is 0 Å². The van der Waals surface area contributed by atoms with Gasteiger partial charge in [-0.25, -0.2) is 12.7 Å². The van der Waals surface area contributed by atoms with Crippen molar-refractivity contribution in [2.24, 2.45) is 5.92 Å². The molecule has 1 aromatic rings. The van der Waals surface area contributed by atoms with Gasteiger partial charge in [0.15, 0.2) is 0 Å². The molecule has 6 nitrogen and oxygen atoms in total. The molecule has 3 rings (SSSR count). The summed E-state index contributed by atoms with van der Waals surface area (Å²) >= 11 is 0. The van der Waals surface area contributed by atoms with E-state index in [9.17, 15) is 13.2 Å². The topological polar surface area (TPSA) is 75.7 Å². The molecule has 1 saturated heterocycles. The Kier molecular flexibility index (Phi) is 7.12. The first kappa shape index (κ1) is 21.3. The summed E-state index contributed by atoms with van der Waals surface area (Å²) in [4.78, 5) is 13.2. The SMILES string of the molecule is CCS(=O)(=O)N1CCC(C(=O)NCCCOCC2CC2)(c2ccccc2)CC1. The van der Waals surface area contributed by atoms with Gasteiger partial charge in [-0.3, -0.25) is 4.79 Å². The highest BCUT2D eigenvalue weighted by Crippen LogP contribution is 2.36. The number of ether oxygens (including phenoxy) is 1. The highest BCUT2D eigenvalue weighted by atomic mass is 32.2. The summed E-state index contributed by atoms with van der Waals surface area (Å²) in [6.45, 7) is 4.49. The van der Waals surface area contributed by atoms with E-state index in [0.717, 1.165) is 24.5 Å². The van der Waals surface area contributed by atoms with Crippen molar-refractivity contribution in [1.29, 1.82) is 0 Å². The third-order valence-electron chi connectivity index (χ3n) is 5.90. The molecule has 0 bridgehead atoms. The van der Waals surface area contributed by atoms with Crippen molar-refractivity contribution in [2.75, 3.05) is 38.6 Å². The van der Waals surface area contributed by atoms with E-state index >= 15 is 0 Å². The van der Waals surface area contributed by atoms with Gasteiger partial charge >= 0.3 is 0 Å². The van der Waals surface area contributed by atoms with Crippen molar-refractivity contribution in [1.82, 2.24) is 9.62 Å².